The molecule has 2 N–H and O–H groups in total. The van der Waals surface area contributed by atoms with Crippen molar-refractivity contribution in [1.82, 2.24) is 15.1 Å². The Morgan fingerprint density at radius 1 is 1.20 bits per heavy atom. The topological polar surface area (TPSA) is 76.4 Å². The van der Waals surface area contributed by atoms with Gasteiger partial charge < -0.3 is 15.2 Å². The highest BCUT2D eigenvalue weighted by Crippen LogP contribution is 2.23. The summed E-state index contributed by atoms with van der Waals surface area (Å²) in [6.07, 6.45) is 3.61. The zero-order valence-corrected chi connectivity index (χ0v) is 13.8. The summed E-state index contributed by atoms with van der Waals surface area (Å²) in [7, 11) is 1.50. The van der Waals surface area contributed by atoms with Crippen LogP contribution in [0.2, 0.25) is 0 Å². The first-order valence-electron chi connectivity index (χ1n) is 7.86. The molecule has 3 aromatic rings. The fourth-order valence-electron chi connectivity index (χ4n) is 2.46. The quantitative estimate of drug-likeness (QED) is 0.725. The Morgan fingerprint density at radius 3 is 2.72 bits per heavy atom. The summed E-state index contributed by atoms with van der Waals surface area (Å²) < 4.78 is 6.83. The van der Waals surface area contributed by atoms with E-state index >= 15 is 0 Å². The highest BCUT2D eigenvalue weighted by molar-refractivity contribution is 5.96. The van der Waals surface area contributed by atoms with Crippen molar-refractivity contribution in [3.05, 3.63) is 77.6 Å². The fraction of sp³-hybridized carbons (Fsp3) is 0.158. The van der Waals surface area contributed by atoms with Crippen molar-refractivity contribution in [3.63, 3.8) is 0 Å². The number of phenolic OH excluding ortho intramolecular Hbond substituents is 1. The van der Waals surface area contributed by atoms with Gasteiger partial charge in [-0.3, -0.25) is 9.48 Å². The van der Waals surface area contributed by atoms with Crippen LogP contribution >= 0.6 is 0 Å². The van der Waals surface area contributed by atoms with Crippen molar-refractivity contribution in [2.24, 2.45) is 0 Å². The molecule has 0 saturated heterocycles. The molecule has 1 heterocycles. The average molecular weight is 337 g/mol. The predicted molar refractivity (Wildman–Crippen MR) is 93.6 cm³/mol. The summed E-state index contributed by atoms with van der Waals surface area (Å²) in [5, 5.41) is 17.0. The number of carbonyl (C=O) groups is 1. The van der Waals surface area contributed by atoms with Gasteiger partial charge in [0.05, 0.1) is 25.4 Å². The Morgan fingerprint density at radius 2 is 2.00 bits per heavy atom. The normalized spacial score (nSPS) is 10.4. The maximum absolute atomic E-state index is 12.2. The Kier molecular flexibility index (Phi) is 4.99. The van der Waals surface area contributed by atoms with Crippen LogP contribution in [0, 0.1) is 0 Å². The molecular formula is C19H19N3O3. The second kappa shape index (κ2) is 7.53. The molecule has 6 heteroatoms. The van der Waals surface area contributed by atoms with E-state index in [0.717, 1.165) is 11.1 Å². The zero-order valence-electron chi connectivity index (χ0n) is 13.8. The molecule has 6 nitrogen and oxygen atoms in total. The van der Waals surface area contributed by atoms with Gasteiger partial charge in [-0.05, 0) is 17.7 Å². The summed E-state index contributed by atoms with van der Waals surface area (Å²) in [6, 6.07) is 14.6. The predicted octanol–water partition coefficient (Wildman–Crippen LogP) is 2.58. The number of nitrogens with zero attached hydrogens (tertiary/aromatic N) is 2. The van der Waals surface area contributed by atoms with Crippen LogP contribution in [0.1, 0.15) is 21.5 Å². The van der Waals surface area contributed by atoms with Gasteiger partial charge in [0.15, 0.2) is 0 Å². The minimum Gasteiger partial charge on any atom is -0.507 e. The molecule has 0 fully saturated rings. The molecule has 0 bridgehead atoms. The van der Waals surface area contributed by atoms with Gasteiger partial charge in [-0.1, -0.05) is 30.3 Å². The maximum Gasteiger partial charge on any atom is 0.255 e. The molecule has 0 aliphatic heterocycles. The summed E-state index contributed by atoms with van der Waals surface area (Å²) in [4.78, 5) is 12.2. The number of aromatic hydroxyl groups is 1. The Bertz CT molecular complexity index is 859. The number of amides is 1. The monoisotopic (exact) mass is 337 g/mol. The number of hydrogen-bond acceptors (Lipinski definition) is 4. The molecule has 0 saturated carbocycles. The molecule has 2 aromatic carbocycles. The van der Waals surface area contributed by atoms with Crippen LogP contribution in [0.4, 0.5) is 0 Å². The average Bonchev–Trinajstić information content (AvgIpc) is 3.07. The third kappa shape index (κ3) is 4.17. The van der Waals surface area contributed by atoms with E-state index in [1.54, 1.807) is 12.3 Å². The first kappa shape index (κ1) is 16.6. The van der Waals surface area contributed by atoms with E-state index < -0.39 is 0 Å². The molecular weight excluding hydrogens is 318 g/mol. The third-order valence-corrected chi connectivity index (χ3v) is 3.78. The molecule has 25 heavy (non-hydrogen) atoms. The Hall–Kier alpha value is -3.28. The van der Waals surface area contributed by atoms with Crippen LogP contribution in [0.15, 0.2) is 60.9 Å². The van der Waals surface area contributed by atoms with E-state index in [1.165, 1.54) is 19.2 Å². The number of ether oxygens (including phenoxy) is 1. The molecule has 3 rings (SSSR count). The van der Waals surface area contributed by atoms with Crippen LogP contribution < -0.4 is 10.1 Å². The number of methoxy groups -OCH3 is 1. The first-order chi connectivity index (χ1) is 12.2. The van der Waals surface area contributed by atoms with Crippen molar-refractivity contribution in [3.8, 4) is 11.5 Å². The fourth-order valence-corrected chi connectivity index (χ4v) is 2.46. The van der Waals surface area contributed by atoms with E-state index in [1.807, 2.05) is 41.2 Å². The molecule has 0 unspecified atom stereocenters. The van der Waals surface area contributed by atoms with Crippen LogP contribution in [0.5, 0.6) is 11.5 Å². The van der Waals surface area contributed by atoms with E-state index in [0.29, 0.717) is 18.8 Å². The zero-order chi connectivity index (χ0) is 17.6. The molecule has 1 amide bonds. The number of hydrogen-bond donors (Lipinski definition) is 2. The number of aromatic nitrogens is 2. The number of phenols is 1. The minimum absolute atomic E-state index is 0.114. The van der Waals surface area contributed by atoms with Gasteiger partial charge in [0.25, 0.3) is 5.91 Å². The van der Waals surface area contributed by atoms with Crippen molar-refractivity contribution < 1.29 is 14.6 Å². The van der Waals surface area contributed by atoms with E-state index in [4.69, 9.17) is 4.74 Å². The van der Waals surface area contributed by atoms with Gasteiger partial charge in [-0.15, -0.1) is 0 Å². The van der Waals surface area contributed by atoms with Crippen LogP contribution in [0.25, 0.3) is 0 Å². The molecule has 0 aliphatic rings. The lowest BCUT2D eigenvalue weighted by atomic mass is 10.1. The molecule has 128 valence electrons. The van der Waals surface area contributed by atoms with Gasteiger partial charge in [-0.25, -0.2) is 0 Å². The lowest BCUT2D eigenvalue weighted by Crippen LogP contribution is -2.22. The van der Waals surface area contributed by atoms with Crippen molar-refractivity contribution >= 4 is 5.91 Å². The smallest absolute Gasteiger partial charge is 0.255 e. The summed E-state index contributed by atoms with van der Waals surface area (Å²) in [5.74, 6) is 0.0313. The summed E-state index contributed by atoms with van der Waals surface area (Å²) in [6.45, 7) is 1.01. The van der Waals surface area contributed by atoms with Gasteiger partial charge in [-0.2, -0.15) is 5.10 Å². The van der Waals surface area contributed by atoms with E-state index in [9.17, 15) is 9.90 Å². The SMILES string of the molecule is COc1ccc(C(=O)NCc2cnn(Cc3ccccc3)c2)c(O)c1. The lowest BCUT2D eigenvalue weighted by molar-refractivity contribution is 0.0948. The van der Waals surface area contributed by atoms with Crippen LogP contribution in [0.3, 0.4) is 0 Å². The summed E-state index contributed by atoms with van der Waals surface area (Å²) >= 11 is 0. The number of benzene rings is 2. The Labute approximate surface area is 145 Å². The standard InChI is InChI=1S/C19H19N3O3/c1-25-16-7-8-17(18(23)9-16)19(24)20-10-15-11-21-22(13-15)12-14-5-3-2-4-6-14/h2-9,11,13,23H,10,12H2,1H3,(H,20,24). The first-order valence-corrected chi connectivity index (χ1v) is 7.86. The highest BCUT2D eigenvalue weighted by atomic mass is 16.5. The summed E-state index contributed by atoms with van der Waals surface area (Å²) in [5.41, 5.74) is 2.25. The third-order valence-electron chi connectivity index (χ3n) is 3.78. The second-order valence-electron chi connectivity index (χ2n) is 5.60. The molecule has 0 atom stereocenters. The number of carbonyl (C=O) groups excluding carboxylic acids is 1. The van der Waals surface area contributed by atoms with Crippen LogP contribution in [-0.4, -0.2) is 27.9 Å². The lowest BCUT2D eigenvalue weighted by Gasteiger charge is -2.07. The molecule has 1 aromatic heterocycles. The highest BCUT2D eigenvalue weighted by Gasteiger charge is 2.12. The van der Waals surface area contributed by atoms with Crippen molar-refractivity contribution in [2.75, 3.05) is 7.11 Å². The van der Waals surface area contributed by atoms with Crippen molar-refractivity contribution in [1.29, 1.82) is 0 Å². The molecule has 0 radical (unpaired) electrons. The van der Waals surface area contributed by atoms with Gasteiger partial charge >= 0.3 is 0 Å². The maximum atomic E-state index is 12.2. The largest absolute Gasteiger partial charge is 0.507 e. The molecule has 0 spiro atoms. The Balaban J connectivity index is 1.59. The minimum atomic E-state index is -0.351. The van der Waals surface area contributed by atoms with Crippen LogP contribution in [-0.2, 0) is 13.1 Å². The molecule has 0 aliphatic carbocycles. The van der Waals surface area contributed by atoms with E-state index in [-0.39, 0.29) is 17.2 Å². The van der Waals surface area contributed by atoms with Crippen molar-refractivity contribution in [2.45, 2.75) is 13.1 Å². The second-order valence-corrected chi connectivity index (χ2v) is 5.60. The number of rotatable bonds is 6. The number of nitrogens with one attached hydrogen (secondary N) is 1. The van der Waals surface area contributed by atoms with Gasteiger partial charge in [0.1, 0.15) is 11.5 Å². The van der Waals surface area contributed by atoms with E-state index in [2.05, 4.69) is 10.4 Å². The van der Waals surface area contributed by atoms with Gasteiger partial charge in [0.2, 0.25) is 0 Å². The van der Waals surface area contributed by atoms with Gasteiger partial charge in [0, 0.05) is 24.4 Å².